The van der Waals surface area contributed by atoms with Crippen molar-refractivity contribution in [3.8, 4) is 0 Å². The molecule has 0 aliphatic rings. The quantitative estimate of drug-likeness (QED) is 0.566. The van der Waals surface area contributed by atoms with E-state index in [1.54, 1.807) is 0 Å². The Hall–Kier alpha value is 0.300. The number of aromatic nitrogens is 3. The number of rotatable bonds is 0. The normalized spacial score (nSPS) is 13.6. The third-order valence-electron chi connectivity index (χ3n) is 0.419. The van der Waals surface area contributed by atoms with E-state index in [0.717, 1.165) is 17.0 Å². The molecule has 0 spiro atoms. The largest absolute Gasteiger partial charge is 0.346 e. The lowest BCUT2D eigenvalue weighted by atomic mass is 12.0. The van der Waals surface area contributed by atoms with Crippen LogP contribution in [0.15, 0.2) is 0 Å². The Morgan fingerprint density at radius 1 is 1.29 bits per heavy atom. The monoisotopic (exact) mass is 150 g/mol. The average Bonchev–Trinajstić information content (AvgIpc) is 1.69. The number of hydrogen-bond donors (Lipinski definition) is 0. The van der Waals surface area contributed by atoms with Crippen LogP contribution in [0.2, 0.25) is 0 Å². The van der Waals surface area contributed by atoms with Crippen molar-refractivity contribution in [1.29, 1.82) is 0 Å². The molecule has 1 aromatic rings. The van der Waals surface area contributed by atoms with Gasteiger partial charge in [0.1, 0.15) is 0 Å². The Kier molecular flexibility index (Phi) is 2.00. The van der Waals surface area contributed by atoms with Gasteiger partial charge in [0, 0.05) is 0 Å². The van der Waals surface area contributed by atoms with Gasteiger partial charge in [0.2, 0.25) is 7.85 Å². The molecule has 1 aromatic heterocycles. The van der Waals surface area contributed by atoms with Gasteiger partial charge >= 0.3 is 17.0 Å². The van der Waals surface area contributed by atoms with Crippen molar-refractivity contribution in [2.24, 2.45) is 6.66 Å². The summed E-state index contributed by atoms with van der Waals surface area (Å²) in [6.45, 7) is 2.02. The Morgan fingerprint density at radius 2 is 1.86 bits per heavy atom. The zero-order chi connectivity index (χ0) is 5.11. The number of nitrogens with zero attached hydrogens (tertiary/aromatic N) is 3. The van der Waals surface area contributed by atoms with Crippen LogP contribution in [0, 0.1) is 0 Å². The van der Waals surface area contributed by atoms with E-state index < -0.39 is 0 Å². The van der Waals surface area contributed by atoms with Gasteiger partial charge in [-0.25, -0.2) is 0 Å². The van der Waals surface area contributed by atoms with Crippen molar-refractivity contribution in [2.45, 2.75) is 0 Å². The van der Waals surface area contributed by atoms with Crippen LogP contribution in [0.25, 0.3) is 0 Å². The summed E-state index contributed by atoms with van der Waals surface area (Å²) in [5.41, 5.74) is 0. The maximum Gasteiger partial charge on any atom is 0.346 e. The van der Waals surface area contributed by atoms with Crippen molar-refractivity contribution < 1.29 is 0 Å². The smallest absolute Gasteiger partial charge is 0.0400 e. The second kappa shape index (κ2) is 2.57. The first-order chi connectivity index (χ1) is 3.39. The van der Waals surface area contributed by atoms with Crippen molar-refractivity contribution >= 4 is 24.9 Å². The van der Waals surface area contributed by atoms with Gasteiger partial charge in [0.25, 0.3) is 0 Å². The van der Waals surface area contributed by atoms with Gasteiger partial charge in [-0.3, -0.25) is 0 Å². The molecule has 3 nitrogen and oxygen atoms in total. The van der Waals surface area contributed by atoms with E-state index in [0.29, 0.717) is 0 Å². The first-order valence-electron chi connectivity index (χ1n) is 1.65. The lowest BCUT2D eigenvalue weighted by Gasteiger charge is -1.65. The molecule has 0 saturated carbocycles. The van der Waals surface area contributed by atoms with Gasteiger partial charge < -0.3 is 0 Å². The fourth-order valence-corrected chi connectivity index (χ4v) is 2.65. The van der Waals surface area contributed by atoms with Crippen LogP contribution in [0.1, 0.15) is 0 Å². The molecule has 0 aliphatic carbocycles. The van der Waals surface area contributed by atoms with Gasteiger partial charge in [-0.15, -0.1) is 0 Å². The number of hydrogen-bond acceptors (Lipinski definition) is 3. The van der Waals surface area contributed by atoms with Crippen molar-refractivity contribution in [1.82, 2.24) is 13.5 Å². The molecule has 36 valence electrons. The van der Waals surface area contributed by atoms with Crippen LogP contribution in [-0.2, 0) is 6.66 Å². The van der Waals surface area contributed by atoms with Crippen LogP contribution in [0.4, 0.5) is 0 Å². The van der Waals surface area contributed by atoms with Crippen molar-refractivity contribution in [3.63, 3.8) is 0 Å². The summed E-state index contributed by atoms with van der Waals surface area (Å²) < 4.78 is 11.9. The fourth-order valence-electron chi connectivity index (χ4n) is 0.187. The highest BCUT2D eigenvalue weighted by Gasteiger charge is 1.90. The third kappa shape index (κ3) is 1.69. The minimum absolute atomic E-state index is 0.360. The summed E-state index contributed by atoms with van der Waals surface area (Å²) in [7, 11) is 1.37. The molecule has 1 rings (SSSR count). The van der Waals surface area contributed by atoms with Gasteiger partial charge in [-0.2, -0.15) is 0 Å². The van der Waals surface area contributed by atoms with E-state index in [9.17, 15) is 0 Å². The SMILES string of the molecule is C[p+]1npnpn1. The Balaban J connectivity index is 3.02. The molecule has 0 radical (unpaired) electrons. The summed E-state index contributed by atoms with van der Waals surface area (Å²) >= 11 is 0. The molecule has 0 unspecified atom stereocenters. The predicted octanol–water partition coefficient (Wildman–Crippen LogP) is 1.84. The van der Waals surface area contributed by atoms with Gasteiger partial charge in [0.05, 0.1) is 6.66 Å². The molecule has 0 amide bonds. The Morgan fingerprint density at radius 3 is 2.14 bits per heavy atom. The summed E-state index contributed by atoms with van der Waals surface area (Å²) in [6, 6.07) is 0. The van der Waals surface area contributed by atoms with E-state index >= 15 is 0 Å². The minimum atomic E-state index is -0.360. The number of aryl methyl sites for hydroxylation is 1. The molecule has 0 bridgehead atoms. The highest BCUT2D eigenvalue weighted by molar-refractivity contribution is 7.52. The molecule has 0 aliphatic heterocycles. The zero-order valence-electron chi connectivity index (χ0n) is 3.68. The molecular weight excluding hydrogens is 147 g/mol. The maximum atomic E-state index is 4.03. The molecule has 0 fully saturated rings. The Bertz CT molecular complexity index is 140. The summed E-state index contributed by atoms with van der Waals surface area (Å²) in [6.07, 6.45) is 0. The van der Waals surface area contributed by atoms with Crippen molar-refractivity contribution in [3.05, 3.63) is 0 Å². The van der Waals surface area contributed by atoms with Crippen LogP contribution in [0.5, 0.6) is 0 Å². The van der Waals surface area contributed by atoms with E-state index in [4.69, 9.17) is 0 Å². The summed E-state index contributed by atoms with van der Waals surface area (Å²) in [5, 5.41) is 0. The third-order valence-corrected chi connectivity index (χ3v) is 3.77. The van der Waals surface area contributed by atoms with Crippen LogP contribution >= 0.6 is 24.9 Å². The molecule has 0 N–H and O–H groups in total. The molecule has 7 heavy (non-hydrogen) atoms. The summed E-state index contributed by atoms with van der Waals surface area (Å²) in [4.78, 5) is 0. The van der Waals surface area contributed by atoms with Crippen molar-refractivity contribution in [2.75, 3.05) is 0 Å². The van der Waals surface area contributed by atoms with Crippen LogP contribution in [-0.4, -0.2) is 13.5 Å². The minimum Gasteiger partial charge on any atom is -0.0400 e. The predicted molar refractivity (Wildman–Crippen MR) is 32.9 cm³/mol. The molecule has 1 heterocycles. The molecule has 0 saturated heterocycles. The van der Waals surface area contributed by atoms with Crippen LogP contribution in [0.3, 0.4) is 0 Å². The molecule has 6 heteroatoms. The topological polar surface area (TPSA) is 38.7 Å². The molecule has 0 atom stereocenters. The first-order valence-corrected chi connectivity index (χ1v) is 4.94. The lowest BCUT2D eigenvalue weighted by molar-refractivity contribution is 1.64. The molecule has 0 aromatic carbocycles. The van der Waals surface area contributed by atoms with Gasteiger partial charge in [-0.05, 0) is 13.5 Å². The zero-order valence-corrected chi connectivity index (χ0v) is 6.37. The van der Waals surface area contributed by atoms with E-state index in [2.05, 4.69) is 13.5 Å². The Labute approximate surface area is 45.9 Å². The molecular formula is CH3N3P3+. The van der Waals surface area contributed by atoms with Gasteiger partial charge in [0.15, 0.2) is 0 Å². The second-order valence-corrected chi connectivity index (χ2v) is 4.42. The van der Waals surface area contributed by atoms with Gasteiger partial charge in [-0.1, -0.05) is 0 Å². The standard InChI is InChI=1S/CH3N3P3/c1-7-3-5-2-6-4-7/h1H3/q+1. The summed E-state index contributed by atoms with van der Waals surface area (Å²) in [5.74, 6) is 0. The first kappa shape index (κ1) is 5.44. The maximum absolute atomic E-state index is 4.03. The van der Waals surface area contributed by atoms with E-state index in [-0.39, 0.29) is 7.85 Å². The lowest BCUT2D eigenvalue weighted by Crippen LogP contribution is -1.57. The highest BCUT2D eigenvalue weighted by atomic mass is 31.2. The second-order valence-electron chi connectivity index (χ2n) is 0.937. The van der Waals surface area contributed by atoms with Crippen LogP contribution < -0.4 is 0 Å². The average molecular weight is 150 g/mol. The fraction of sp³-hybridized carbons (Fsp3) is 1.00. The highest BCUT2D eigenvalue weighted by Crippen LogP contribution is 2.15. The van der Waals surface area contributed by atoms with E-state index in [1.165, 1.54) is 0 Å². The van der Waals surface area contributed by atoms with E-state index in [1.807, 2.05) is 6.66 Å².